The van der Waals surface area contributed by atoms with Crippen molar-refractivity contribution in [3.05, 3.63) is 0 Å². The third kappa shape index (κ3) is 4.72. The van der Waals surface area contributed by atoms with Gasteiger partial charge in [0, 0.05) is 13.7 Å². The van der Waals surface area contributed by atoms with Gasteiger partial charge in [-0.2, -0.15) is 0 Å². The number of rotatable bonds is 5. The third-order valence-corrected chi connectivity index (χ3v) is 1.33. The zero-order valence-electron chi connectivity index (χ0n) is 7.17. The molecule has 0 aromatic heterocycles. The molecule has 0 saturated carbocycles. The smallest absolute Gasteiger partial charge is 0.237 e. The number of hydrogen-bond donors (Lipinski definition) is 2. The van der Waals surface area contributed by atoms with Crippen LogP contribution in [0.3, 0.4) is 0 Å². The first kappa shape index (κ1) is 11.0. The van der Waals surface area contributed by atoms with Crippen LogP contribution in [0.1, 0.15) is 6.42 Å². The lowest BCUT2D eigenvalue weighted by atomic mass is 10.2. The Morgan fingerprint density at radius 2 is 2.50 bits per heavy atom. The van der Waals surface area contributed by atoms with Crippen LogP contribution in [0, 0.1) is 12.3 Å². The molecule has 0 saturated heterocycles. The van der Waals surface area contributed by atoms with Crippen LogP contribution in [0.2, 0.25) is 0 Å². The first-order valence-electron chi connectivity index (χ1n) is 3.68. The van der Waals surface area contributed by atoms with Gasteiger partial charge in [-0.15, -0.1) is 6.42 Å². The summed E-state index contributed by atoms with van der Waals surface area (Å²) in [7, 11) is 1.56. The summed E-state index contributed by atoms with van der Waals surface area (Å²) in [5.41, 5.74) is 5.48. The van der Waals surface area contributed by atoms with Crippen LogP contribution < -0.4 is 11.1 Å². The second-order valence-electron chi connectivity index (χ2n) is 2.31. The molecule has 0 radical (unpaired) electrons. The zero-order chi connectivity index (χ0) is 9.40. The summed E-state index contributed by atoms with van der Waals surface area (Å²) in [4.78, 5) is 11.0. The maximum Gasteiger partial charge on any atom is 0.237 e. The fourth-order valence-electron chi connectivity index (χ4n) is 0.645. The van der Waals surface area contributed by atoms with E-state index < -0.39 is 6.04 Å². The highest BCUT2D eigenvalue weighted by Crippen LogP contribution is 1.87. The lowest BCUT2D eigenvalue weighted by Gasteiger charge is -2.09. The summed E-state index contributed by atoms with van der Waals surface area (Å²) >= 11 is 0. The average molecular weight is 170 g/mol. The van der Waals surface area contributed by atoms with Crippen molar-refractivity contribution in [2.45, 2.75) is 12.5 Å². The molecule has 1 atom stereocenters. The molecule has 4 heteroatoms. The Balaban J connectivity index is 3.55. The lowest BCUT2D eigenvalue weighted by Crippen LogP contribution is -2.41. The van der Waals surface area contributed by atoms with Gasteiger partial charge in [0.15, 0.2) is 0 Å². The van der Waals surface area contributed by atoms with E-state index >= 15 is 0 Å². The van der Waals surface area contributed by atoms with E-state index in [1.807, 2.05) is 0 Å². The number of hydrogen-bond acceptors (Lipinski definition) is 3. The normalized spacial score (nSPS) is 11.8. The third-order valence-electron chi connectivity index (χ3n) is 1.33. The molecule has 0 aliphatic heterocycles. The molecule has 0 heterocycles. The van der Waals surface area contributed by atoms with Gasteiger partial charge >= 0.3 is 0 Å². The Kier molecular flexibility index (Phi) is 6.07. The van der Waals surface area contributed by atoms with Crippen LogP contribution >= 0.6 is 0 Å². The van der Waals surface area contributed by atoms with Crippen molar-refractivity contribution < 1.29 is 9.53 Å². The predicted molar refractivity (Wildman–Crippen MR) is 46.3 cm³/mol. The van der Waals surface area contributed by atoms with Crippen LogP contribution in [0.15, 0.2) is 0 Å². The quantitative estimate of drug-likeness (QED) is 0.525. The standard InChI is InChI=1S/C8H14N2O2/c1-3-5-10-8(11)7(9)4-6-12-2/h1,7H,4-6,9H2,2H3,(H,10,11). The molecule has 0 spiro atoms. The van der Waals surface area contributed by atoms with Gasteiger partial charge in [-0.3, -0.25) is 4.79 Å². The van der Waals surface area contributed by atoms with Gasteiger partial charge in [0.05, 0.1) is 12.6 Å². The molecule has 0 aromatic rings. The average Bonchev–Trinajstić information content (AvgIpc) is 2.10. The van der Waals surface area contributed by atoms with Gasteiger partial charge < -0.3 is 15.8 Å². The fourth-order valence-corrected chi connectivity index (χ4v) is 0.645. The highest BCUT2D eigenvalue weighted by Gasteiger charge is 2.10. The molecule has 12 heavy (non-hydrogen) atoms. The van der Waals surface area contributed by atoms with Crippen molar-refractivity contribution in [1.82, 2.24) is 5.32 Å². The molecule has 0 aromatic carbocycles. The maximum absolute atomic E-state index is 11.0. The largest absolute Gasteiger partial charge is 0.385 e. The molecule has 0 aliphatic rings. The summed E-state index contributed by atoms with van der Waals surface area (Å²) in [6.45, 7) is 0.699. The highest BCUT2D eigenvalue weighted by molar-refractivity contribution is 5.81. The van der Waals surface area contributed by atoms with Crippen molar-refractivity contribution in [1.29, 1.82) is 0 Å². The van der Waals surface area contributed by atoms with Crippen molar-refractivity contribution in [3.63, 3.8) is 0 Å². The lowest BCUT2D eigenvalue weighted by molar-refractivity contribution is -0.122. The Morgan fingerprint density at radius 3 is 3.00 bits per heavy atom. The van der Waals surface area contributed by atoms with Crippen molar-refractivity contribution >= 4 is 5.91 Å². The number of amides is 1. The zero-order valence-corrected chi connectivity index (χ0v) is 7.17. The van der Waals surface area contributed by atoms with Gasteiger partial charge in [-0.05, 0) is 6.42 Å². The summed E-state index contributed by atoms with van der Waals surface area (Å²) in [5.74, 6) is 2.06. The summed E-state index contributed by atoms with van der Waals surface area (Å²) < 4.78 is 4.77. The highest BCUT2D eigenvalue weighted by atomic mass is 16.5. The van der Waals surface area contributed by atoms with Crippen LogP contribution in [-0.2, 0) is 9.53 Å². The number of methoxy groups -OCH3 is 1. The maximum atomic E-state index is 11.0. The monoisotopic (exact) mass is 170 g/mol. The number of ether oxygens (including phenoxy) is 1. The first-order chi connectivity index (χ1) is 5.72. The van der Waals surface area contributed by atoms with Crippen LogP contribution in [0.25, 0.3) is 0 Å². The van der Waals surface area contributed by atoms with E-state index in [0.717, 1.165) is 0 Å². The van der Waals surface area contributed by atoms with Gasteiger partial charge in [-0.1, -0.05) is 5.92 Å². The van der Waals surface area contributed by atoms with Crippen LogP contribution in [-0.4, -0.2) is 32.2 Å². The molecule has 4 nitrogen and oxygen atoms in total. The Hall–Kier alpha value is -1.05. The Morgan fingerprint density at radius 1 is 1.83 bits per heavy atom. The SMILES string of the molecule is C#CCNC(=O)C(N)CCOC. The Labute approximate surface area is 72.5 Å². The molecule has 68 valence electrons. The van der Waals surface area contributed by atoms with E-state index in [1.165, 1.54) is 0 Å². The van der Waals surface area contributed by atoms with Crippen LogP contribution in [0.4, 0.5) is 0 Å². The van der Waals surface area contributed by atoms with E-state index in [2.05, 4.69) is 11.2 Å². The Bertz CT molecular complexity index is 174. The van der Waals surface area contributed by atoms with Gasteiger partial charge in [0.25, 0.3) is 0 Å². The first-order valence-corrected chi connectivity index (χ1v) is 3.68. The molecule has 0 rings (SSSR count). The molecule has 1 amide bonds. The van der Waals surface area contributed by atoms with E-state index in [-0.39, 0.29) is 12.5 Å². The number of carbonyl (C=O) groups excluding carboxylic acids is 1. The molecule has 0 fully saturated rings. The molecule has 0 bridgehead atoms. The molecular weight excluding hydrogens is 156 g/mol. The van der Waals surface area contributed by atoms with Gasteiger partial charge in [0.1, 0.15) is 0 Å². The van der Waals surface area contributed by atoms with E-state index in [4.69, 9.17) is 16.9 Å². The van der Waals surface area contributed by atoms with E-state index in [0.29, 0.717) is 13.0 Å². The number of nitrogens with one attached hydrogen (secondary N) is 1. The van der Waals surface area contributed by atoms with Crippen molar-refractivity contribution in [2.75, 3.05) is 20.3 Å². The molecular formula is C8H14N2O2. The number of terminal acetylenes is 1. The molecule has 3 N–H and O–H groups in total. The van der Waals surface area contributed by atoms with Crippen molar-refractivity contribution in [2.24, 2.45) is 5.73 Å². The van der Waals surface area contributed by atoms with Crippen LogP contribution in [0.5, 0.6) is 0 Å². The minimum atomic E-state index is -0.529. The van der Waals surface area contributed by atoms with E-state index in [9.17, 15) is 4.79 Å². The summed E-state index contributed by atoms with van der Waals surface area (Å²) in [5, 5.41) is 2.49. The summed E-state index contributed by atoms with van der Waals surface area (Å²) in [6.07, 6.45) is 5.45. The second-order valence-corrected chi connectivity index (χ2v) is 2.31. The van der Waals surface area contributed by atoms with Crippen molar-refractivity contribution in [3.8, 4) is 12.3 Å². The minimum absolute atomic E-state index is 0.222. The second kappa shape index (κ2) is 6.65. The van der Waals surface area contributed by atoms with Gasteiger partial charge in [-0.25, -0.2) is 0 Å². The topological polar surface area (TPSA) is 64.4 Å². The molecule has 0 aliphatic carbocycles. The fraction of sp³-hybridized carbons (Fsp3) is 0.625. The number of nitrogens with two attached hydrogens (primary N) is 1. The molecule has 1 unspecified atom stereocenters. The van der Waals surface area contributed by atoms with Gasteiger partial charge in [0.2, 0.25) is 5.91 Å². The predicted octanol–water partition coefficient (Wildman–Crippen LogP) is -0.900. The number of carbonyl (C=O) groups is 1. The minimum Gasteiger partial charge on any atom is -0.385 e. The van der Waals surface area contributed by atoms with E-state index in [1.54, 1.807) is 7.11 Å². The summed E-state index contributed by atoms with van der Waals surface area (Å²) in [6, 6.07) is -0.529.